The molecule has 0 aliphatic heterocycles. The summed E-state index contributed by atoms with van der Waals surface area (Å²) < 4.78 is 14.3. The first-order valence-electron chi connectivity index (χ1n) is 6.96. The zero-order valence-electron chi connectivity index (χ0n) is 13.2. The summed E-state index contributed by atoms with van der Waals surface area (Å²) >= 11 is 0. The lowest BCUT2D eigenvalue weighted by molar-refractivity contribution is -0.155. The number of carbonyl (C=O) groups excluding carboxylic acids is 2. The number of carbonyl (C=O) groups is 2. The van der Waals surface area contributed by atoms with Gasteiger partial charge in [0.25, 0.3) is 0 Å². The lowest BCUT2D eigenvalue weighted by atomic mass is 10.1. The summed E-state index contributed by atoms with van der Waals surface area (Å²) in [6.45, 7) is 3.11. The molecule has 8 heteroatoms. The van der Waals surface area contributed by atoms with Gasteiger partial charge in [0.05, 0.1) is 7.11 Å². The van der Waals surface area contributed by atoms with Crippen molar-refractivity contribution in [3.8, 4) is 11.5 Å². The smallest absolute Gasteiger partial charge is 0.504 e. The van der Waals surface area contributed by atoms with Crippen LogP contribution in [0, 0.1) is 0 Å². The maximum atomic E-state index is 11.9. The number of esters is 1. The molecule has 0 radical (unpaired) electrons. The standard InChI is InChI=1S/C15H21NO7/c1-8(9(2)23-15(20)21-3)22-14(19)11(16)6-10-4-5-12(17)13(18)7-10/h4-5,7-9,11,17-18H,6,16H2,1-3H3/t8-,9?,11+/m1/s1. The average molecular weight is 327 g/mol. The number of hydrogen-bond donors (Lipinski definition) is 3. The molecule has 0 aliphatic carbocycles. The Labute approximate surface area is 133 Å². The van der Waals surface area contributed by atoms with Gasteiger partial charge in [0, 0.05) is 0 Å². The molecule has 3 atom stereocenters. The molecule has 1 unspecified atom stereocenters. The van der Waals surface area contributed by atoms with E-state index < -0.39 is 30.4 Å². The number of nitrogens with two attached hydrogens (primary N) is 1. The molecule has 23 heavy (non-hydrogen) atoms. The van der Waals surface area contributed by atoms with Gasteiger partial charge in [-0.05, 0) is 38.0 Å². The fraction of sp³-hybridized carbons (Fsp3) is 0.467. The second kappa shape index (κ2) is 8.23. The Bertz CT molecular complexity index is 561. The van der Waals surface area contributed by atoms with Crippen LogP contribution in [0.1, 0.15) is 19.4 Å². The van der Waals surface area contributed by atoms with Gasteiger partial charge < -0.3 is 30.2 Å². The highest BCUT2D eigenvalue weighted by atomic mass is 16.7. The van der Waals surface area contributed by atoms with E-state index in [-0.39, 0.29) is 17.9 Å². The van der Waals surface area contributed by atoms with Crippen molar-refractivity contribution in [2.24, 2.45) is 5.73 Å². The molecule has 0 saturated carbocycles. The number of aromatic hydroxyl groups is 2. The lowest BCUT2D eigenvalue weighted by Crippen LogP contribution is -2.39. The normalized spacial score (nSPS) is 14.4. The van der Waals surface area contributed by atoms with Gasteiger partial charge in [-0.25, -0.2) is 4.79 Å². The van der Waals surface area contributed by atoms with Gasteiger partial charge in [0.2, 0.25) is 0 Å². The summed E-state index contributed by atoms with van der Waals surface area (Å²) in [4.78, 5) is 22.9. The van der Waals surface area contributed by atoms with E-state index in [1.54, 1.807) is 13.8 Å². The zero-order chi connectivity index (χ0) is 17.6. The van der Waals surface area contributed by atoms with Crippen LogP contribution in [-0.2, 0) is 25.4 Å². The number of phenolic OH excluding ortho intramolecular Hbond substituents is 2. The first kappa shape index (κ1) is 18.6. The summed E-state index contributed by atoms with van der Waals surface area (Å²) in [6, 6.07) is 3.19. The molecule has 0 fully saturated rings. The number of ether oxygens (including phenoxy) is 3. The minimum absolute atomic E-state index is 0.117. The summed E-state index contributed by atoms with van der Waals surface area (Å²) in [6.07, 6.45) is -2.16. The van der Waals surface area contributed by atoms with Crippen molar-refractivity contribution in [3.63, 3.8) is 0 Å². The van der Waals surface area contributed by atoms with Crippen LogP contribution in [0.2, 0.25) is 0 Å². The van der Waals surface area contributed by atoms with E-state index in [9.17, 15) is 19.8 Å². The molecule has 1 aromatic carbocycles. The Morgan fingerprint density at radius 2 is 1.74 bits per heavy atom. The van der Waals surface area contributed by atoms with Crippen molar-refractivity contribution in [3.05, 3.63) is 23.8 Å². The fourth-order valence-corrected chi connectivity index (χ4v) is 1.70. The topological polar surface area (TPSA) is 128 Å². The molecule has 0 spiro atoms. The highest BCUT2D eigenvalue weighted by molar-refractivity contribution is 5.76. The Morgan fingerprint density at radius 3 is 2.30 bits per heavy atom. The third kappa shape index (κ3) is 5.67. The van der Waals surface area contributed by atoms with Gasteiger partial charge >= 0.3 is 12.1 Å². The fourth-order valence-electron chi connectivity index (χ4n) is 1.70. The van der Waals surface area contributed by atoms with Crippen LogP contribution in [0.25, 0.3) is 0 Å². The summed E-state index contributed by atoms with van der Waals surface area (Å²) in [5, 5.41) is 18.6. The van der Waals surface area contributed by atoms with Gasteiger partial charge in [0.15, 0.2) is 11.5 Å². The molecular weight excluding hydrogens is 306 g/mol. The number of methoxy groups -OCH3 is 1. The molecule has 0 bridgehead atoms. The van der Waals surface area contributed by atoms with Crippen LogP contribution >= 0.6 is 0 Å². The Hall–Kier alpha value is -2.48. The molecule has 1 aromatic rings. The van der Waals surface area contributed by atoms with E-state index in [0.29, 0.717) is 5.56 Å². The molecule has 128 valence electrons. The van der Waals surface area contributed by atoms with Crippen LogP contribution in [-0.4, -0.2) is 47.7 Å². The van der Waals surface area contributed by atoms with E-state index in [1.165, 1.54) is 25.3 Å². The second-order valence-corrected chi connectivity index (χ2v) is 5.05. The molecule has 4 N–H and O–H groups in total. The van der Waals surface area contributed by atoms with Crippen molar-refractivity contribution < 1.29 is 34.0 Å². The highest BCUT2D eigenvalue weighted by Crippen LogP contribution is 2.25. The van der Waals surface area contributed by atoms with Crippen molar-refractivity contribution in [2.75, 3.05) is 7.11 Å². The third-order valence-electron chi connectivity index (χ3n) is 3.21. The SMILES string of the molecule is COC(=O)OC(C)[C@@H](C)OC(=O)[C@@H](N)Cc1ccc(O)c(O)c1. The molecular formula is C15H21NO7. The van der Waals surface area contributed by atoms with Gasteiger partial charge in [-0.15, -0.1) is 0 Å². The van der Waals surface area contributed by atoms with Crippen molar-refractivity contribution >= 4 is 12.1 Å². The summed E-state index contributed by atoms with van der Waals surface area (Å²) in [5.74, 6) is -1.23. The molecule has 1 rings (SSSR count). The summed E-state index contributed by atoms with van der Waals surface area (Å²) in [7, 11) is 1.18. The van der Waals surface area contributed by atoms with Crippen LogP contribution in [0.15, 0.2) is 18.2 Å². The molecule has 0 aliphatic rings. The first-order valence-corrected chi connectivity index (χ1v) is 6.96. The van der Waals surface area contributed by atoms with Crippen molar-refractivity contribution in [2.45, 2.75) is 38.5 Å². The predicted molar refractivity (Wildman–Crippen MR) is 80.0 cm³/mol. The zero-order valence-corrected chi connectivity index (χ0v) is 13.2. The van der Waals surface area contributed by atoms with Crippen LogP contribution in [0.5, 0.6) is 11.5 Å². The maximum absolute atomic E-state index is 11.9. The quantitative estimate of drug-likeness (QED) is 0.523. The van der Waals surface area contributed by atoms with E-state index in [2.05, 4.69) is 4.74 Å². The predicted octanol–water partition coefficient (Wildman–Crippen LogP) is 1.07. The summed E-state index contributed by atoms with van der Waals surface area (Å²) in [5.41, 5.74) is 6.33. The van der Waals surface area contributed by atoms with E-state index in [0.717, 1.165) is 0 Å². The average Bonchev–Trinajstić information content (AvgIpc) is 2.50. The third-order valence-corrected chi connectivity index (χ3v) is 3.21. The number of hydrogen-bond acceptors (Lipinski definition) is 8. The van der Waals surface area contributed by atoms with Gasteiger partial charge in [-0.1, -0.05) is 6.07 Å². The van der Waals surface area contributed by atoms with E-state index in [4.69, 9.17) is 15.2 Å². The Kier molecular flexibility index (Phi) is 6.65. The van der Waals surface area contributed by atoms with Crippen LogP contribution in [0.3, 0.4) is 0 Å². The van der Waals surface area contributed by atoms with Gasteiger partial charge in [0.1, 0.15) is 18.2 Å². The molecule has 0 heterocycles. The Balaban J connectivity index is 2.55. The highest BCUT2D eigenvalue weighted by Gasteiger charge is 2.24. The largest absolute Gasteiger partial charge is 0.508 e. The molecule has 0 saturated heterocycles. The van der Waals surface area contributed by atoms with E-state index >= 15 is 0 Å². The second-order valence-electron chi connectivity index (χ2n) is 5.05. The number of rotatable bonds is 6. The maximum Gasteiger partial charge on any atom is 0.508 e. The van der Waals surface area contributed by atoms with Crippen LogP contribution < -0.4 is 5.73 Å². The minimum Gasteiger partial charge on any atom is -0.504 e. The Morgan fingerprint density at radius 1 is 1.13 bits per heavy atom. The minimum atomic E-state index is -0.966. The van der Waals surface area contributed by atoms with Crippen molar-refractivity contribution in [1.29, 1.82) is 0 Å². The number of benzene rings is 1. The van der Waals surface area contributed by atoms with Gasteiger partial charge in [-0.3, -0.25) is 4.79 Å². The monoisotopic (exact) mass is 327 g/mol. The van der Waals surface area contributed by atoms with Gasteiger partial charge in [-0.2, -0.15) is 0 Å². The molecule has 8 nitrogen and oxygen atoms in total. The lowest BCUT2D eigenvalue weighted by Gasteiger charge is -2.21. The molecule has 0 aromatic heterocycles. The number of phenols is 2. The van der Waals surface area contributed by atoms with Crippen molar-refractivity contribution in [1.82, 2.24) is 0 Å². The van der Waals surface area contributed by atoms with Crippen LogP contribution in [0.4, 0.5) is 4.79 Å². The molecule has 0 amide bonds. The van der Waals surface area contributed by atoms with E-state index in [1.807, 2.05) is 0 Å². The first-order chi connectivity index (χ1) is 10.7.